The summed E-state index contributed by atoms with van der Waals surface area (Å²) in [7, 11) is 0. The Bertz CT molecular complexity index is 1670. The SMILES string of the molecule is CCOC(=O)N(Cc1cccc2ccccc12)C[C@]1(O)CC[C@H]2c3ccc(cc3C(=O)C3CCCCC3)C[C@@H](O)CCC(C)=CCC[C@@]21C. The number of hydrogen-bond donors (Lipinski definition) is 2. The Balaban J connectivity index is 1.41. The fourth-order valence-electron chi connectivity index (χ4n) is 9.15. The number of carbonyl (C=O) groups excluding carboxylic acids is 2. The van der Waals surface area contributed by atoms with Crippen LogP contribution in [-0.2, 0) is 17.7 Å². The number of ketones is 1. The van der Waals surface area contributed by atoms with Gasteiger partial charge >= 0.3 is 6.09 Å². The molecule has 262 valence electrons. The molecule has 2 bridgehead atoms. The van der Waals surface area contributed by atoms with Crippen molar-refractivity contribution >= 4 is 22.6 Å². The third-order valence-corrected chi connectivity index (χ3v) is 12.1. The van der Waals surface area contributed by atoms with Crippen molar-refractivity contribution in [3.8, 4) is 0 Å². The Morgan fingerprint density at radius 1 is 0.959 bits per heavy atom. The monoisotopic (exact) mass is 665 g/mol. The molecule has 0 saturated heterocycles. The molecule has 7 rings (SSSR count). The molecule has 2 fully saturated rings. The number of fused-ring (bicyclic) bond motifs is 9. The lowest BCUT2D eigenvalue weighted by Gasteiger charge is -2.46. The van der Waals surface area contributed by atoms with Gasteiger partial charge in [-0.05, 0) is 111 Å². The van der Waals surface area contributed by atoms with Crippen molar-refractivity contribution in [2.75, 3.05) is 13.2 Å². The van der Waals surface area contributed by atoms with E-state index in [2.05, 4.69) is 62.4 Å². The lowest BCUT2D eigenvalue weighted by atomic mass is 9.64. The molecule has 2 saturated carbocycles. The minimum Gasteiger partial charge on any atom is -0.450 e. The maximum absolute atomic E-state index is 14.4. The van der Waals surface area contributed by atoms with Crippen molar-refractivity contribution in [3.63, 3.8) is 0 Å². The number of rotatable bonds is 7. The molecule has 4 aliphatic carbocycles. The molecule has 6 heteroatoms. The van der Waals surface area contributed by atoms with Crippen LogP contribution in [0.25, 0.3) is 10.8 Å². The van der Waals surface area contributed by atoms with E-state index in [1.165, 1.54) is 12.0 Å². The summed E-state index contributed by atoms with van der Waals surface area (Å²) in [6.45, 7) is 6.84. The number of amides is 1. The minimum atomic E-state index is -1.21. The fourth-order valence-corrected chi connectivity index (χ4v) is 9.15. The normalized spacial score (nSPS) is 26.5. The zero-order valence-corrected chi connectivity index (χ0v) is 29.8. The second kappa shape index (κ2) is 15.2. The predicted octanol–water partition coefficient (Wildman–Crippen LogP) is 9.30. The number of Topliss-reactive ketones (excluding diaryl/α,β-unsaturated/α-hetero) is 1. The van der Waals surface area contributed by atoms with Gasteiger partial charge in [0, 0.05) is 23.4 Å². The van der Waals surface area contributed by atoms with Crippen LogP contribution in [-0.4, -0.2) is 51.8 Å². The van der Waals surface area contributed by atoms with E-state index in [4.69, 9.17) is 4.74 Å². The molecule has 0 heterocycles. The van der Waals surface area contributed by atoms with Gasteiger partial charge in [-0.2, -0.15) is 0 Å². The van der Waals surface area contributed by atoms with Gasteiger partial charge in [0.1, 0.15) is 0 Å². The van der Waals surface area contributed by atoms with Crippen molar-refractivity contribution < 1.29 is 24.5 Å². The van der Waals surface area contributed by atoms with Gasteiger partial charge in [0.2, 0.25) is 0 Å². The molecule has 0 aromatic heterocycles. The highest BCUT2D eigenvalue weighted by Gasteiger charge is 2.58. The van der Waals surface area contributed by atoms with E-state index in [9.17, 15) is 19.8 Å². The molecule has 0 aliphatic heterocycles. The molecule has 6 nitrogen and oxygen atoms in total. The summed E-state index contributed by atoms with van der Waals surface area (Å²) in [4.78, 5) is 29.7. The molecular weight excluding hydrogens is 610 g/mol. The zero-order chi connectivity index (χ0) is 34.6. The standard InChI is InChI=1S/C43H55NO5/c1-4-49-41(47)44(28-34-17-10-16-32-13-8-9-18-36(32)34)29-43(48)25-23-39-37-22-20-31(27-38(37)40(46)33-14-6-5-7-15-33)26-35(45)21-19-30(2)12-11-24-42(39,43)3/h8-10,12-13,16-18,20,22,27,33,35,39,45,48H,4-7,11,14-15,19,21,23-26,28-29H2,1-3H3/t35-,39-,42-,43+/m0/s1. The van der Waals surface area contributed by atoms with E-state index in [-0.39, 0.29) is 30.8 Å². The van der Waals surface area contributed by atoms with Crippen LogP contribution < -0.4 is 0 Å². The summed E-state index contributed by atoms with van der Waals surface area (Å²) in [5, 5.41) is 26.1. The van der Waals surface area contributed by atoms with E-state index in [1.54, 1.807) is 4.90 Å². The number of hydrogen-bond acceptors (Lipinski definition) is 5. The first kappa shape index (κ1) is 35.3. The van der Waals surface area contributed by atoms with Crippen molar-refractivity contribution in [1.82, 2.24) is 4.90 Å². The lowest BCUT2D eigenvalue weighted by Crippen LogP contribution is -2.53. The van der Waals surface area contributed by atoms with Gasteiger partial charge in [-0.25, -0.2) is 4.79 Å². The predicted molar refractivity (Wildman–Crippen MR) is 196 cm³/mol. The van der Waals surface area contributed by atoms with E-state index < -0.39 is 23.2 Å². The molecule has 0 unspecified atom stereocenters. The highest BCUT2D eigenvalue weighted by atomic mass is 16.6. The Morgan fingerprint density at radius 2 is 1.73 bits per heavy atom. The summed E-state index contributed by atoms with van der Waals surface area (Å²) in [6.07, 6.45) is 11.2. The van der Waals surface area contributed by atoms with Gasteiger partial charge in [-0.15, -0.1) is 0 Å². The minimum absolute atomic E-state index is 0.0173. The average Bonchev–Trinajstić information content (AvgIpc) is 3.36. The first-order valence-corrected chi connectivity index (χ1v) is 18.7. The lowest BCUT2D eigenvalue weighted by molar-refractivity contribution is -0.0820. The molecule has 2 N–H and O–H groups in total. The Labute approximate surface area is 292 Å². The molecule has 49 heavy (non-hydrogen) atoms. The summed E-state index contributed by atoms with van der Waals surface area (Å²) >= 11 is 0. The second-order valence-electron chi connectivity index (χ2n) is 15.3. The molecule has 3 aromatic rings. The second-order valence-corrected chi connectivity index (χ2v) is 15.3. The van der Waals surface area contributed by atoms with Crippen LogP contribution in [0.15, 0.2) is 72.3 Å². The van der Waals surface area contributed by atoms with Crippen LogP contribution in [0.5, 0.6) is 0 Å². The quantitative estimate of drug-likeness (QED) is 0.194. The molecule has 0 radical (unpaired) electrons. The summed E-state index contributed by atoms with van der Waals surface area (Å²) in [5.41, 5.74) is 3.20. The van der Waals surface area contributed by atoms with Gasteiger partial charge in [0.15, 0.2) is 5.78 Å². The van der Waals surface area contributed by atoms with Crippen LogP contribution in [0.3, 0.4) is 0 Å². The van der Waals surface area contributed by atoms with Gasteiger partial charge < -0.3 is 19.8 Å². The van der Waals surface area contributed by atoms with Gasteiger partial charge in [0.25, 0.3) is 0 Å². The van der Waals surface area contributed by atoms with Crippen LogP contribution in [0.1, 0.15) is 124 Å². The molecular formula is C43H55NO5. The van der Waals surface area contributed by atoms with Crippen LogP contribution in [0.4, 0.5) is 4.79 Å². The average molecular weight is 666 g/mol. The topological polar surface area (TPSA) is 87.1 Å². The van der Waals surface area contributed by atoms with E-state index in [1.807, 2.05) is 25.1 Å². The summed E-state index contributed by atoms with van der Waals surface area (Å²) in [6, 6.07) is 20.6. The molecule has 0 spiro atoms. The third kappa shape index (κ3) is 7.51. The van der Waals surface area contributed by atoms with E-state index in [0.717, 1.165) is 71.6 Å². The number of allylic oxidation sites excluding steroid dienone is 2. The maximum atomic E-state index is 14.4. The van der Waals surface area contributed by atoms with Crippen LogP contribution in [0.2, 0.25) is 0 Å². The number of aliphatic hydroxyl groups excluding tert-OH is 1. The van der Waals surface area contributed by atoms with Crippen molar-refractivity contribution in [1.29, 1.82) is 0 Å². The molecule has 4 aliphatic rings. The number of carbonyl (C=O) groups is 2. The zero-order valence-electron chi connectivity index (χ0n) is 29.8. The Kier molecular flexibility index (Phi) is 11.0. The molecule has 1 amide bonds. The number of aliphatic hydroxyl groups is 2. The van der Waals surface area contributed by atoms with Gasteiger partial charge in [-0.1, -0.05) is 92.4 Å². The van der Waals surface area contributed by atoms with Crippen molar-refractivity contribution in [2.24, 2.45) is 11.3 Å². The summed E-state index contributed by atoms with van der Waals surface area (Å²) < 4.78 is 5.61. The molecule has 4 atom stereocenters. The van der Waals surface area contributed by atoms with Crippen molar-refractivity contribution in [2.45, 2.75) is 122 Å². The number of benzene rings is 3. The van der Waals surface area contributed by atoms with Crippen molar-refractivity contribution in [3.05, 3.63) is 94.6 Å². The number of ether oxygens (including phenoxy) is 1. The first-order chi connectivity index (χ1) is 23.6. The Hall–Kier alpha value is -3.48. The van der Waals surface area contributed by atoms with Gasteiger partial charge in [-0.3, -0.25) is 4.79 Å². The fraction of sp³-hybridized carbons (Fsp3) is 0.535. The maximum Gasteiger partial charge on any atom is 0.410 e. The molecule has 3 aromatic carbocycles. The largest absolute Gasteiger partial charge is 0.450 e. The van der Waals surface area contributed by atoms with Crippen LogP contribution >= 0.6 is 0 Å². The highest BCUT2D eigenvalue weighted by molar-refractivity contribution is 5.99. The smallest absolute Gasteiger partial charge is 0.410 e. The van der Waals surface area contributed by atoms with Gasteiger partial charge in [0.05, 0.1) is 24.9 Å². The van der Waals surface area contributed by atoms with E-state index >= 15 is 0 Å². The van der Waals surface area contributed by atoms with E-state index in [0.29, 0.717) is 38.6 Å². The third-order valence-electron chi connectivity index (χ3n) is 12.1. The Morgan fingerprint density at radius 3 is 2.53 bits per heavy atom. The highest BCUT2D eigenvalue weighted by Crippen LogP contribution is 2.59. The number of nitrogens with zero attached hydrogens (tertiary/aromatic N) is 1. The van der Waals surface area contributed by atoms with Crippen LogP contribution in [0, 0.1) is 11.3 Å². The first-order valence-electron chi connectivity index (χ1n) is 18.7. The summed E-state index contributed by atoms with van der Waals surface area (Å²) in [5.74, 6) is 0.164.